The van der Waals surface area contributed by atoms with E-state index in [4.69, 9.17) is 0 Å². The van der Waals surface area contributed by atoms with Crippen molar-refractivity contribution in [3.8, 4) is 0 Å². The summed E-state index contributed by atoms with van der Waals surface area (Å²) in [5.41, 5.74) is 2.44. The molecule has 0 amide bonds. The van der Waals surface area contributed by atoms with E-state index >= 15 is 0 Å². The van der Waals surface area contributed by atoms with Crippen molar-refractivity contribution in [1.29, 1.82) is 0 Å². The molecule has 0 heterocycles. The average Bonchev–Trinajstić information content (AvgIpc) is 2.89. The van der Waals surface area contributed by atoms with Crippen molar-refractivity contribution in [2.45, 2.75) is 44.4 Å². The van der Waals surface area contributed by atoms with Crippen molar-refractivity contribution < 1.29 is 4.21 Å². The molecular formula is C16H25NOS. The van der Waals surface area contributed by atoms with Gasteiger partial charge in [-0.1, -0.05) is 42.7 Å². The van der Waals surface area contributed by atoms with Crippen LogP contribution in [0.15, 0.2) is 24.3 Å². The Hall–Kier alpha value is -0.670. The summed E-state index contributed by atoms with van der Waals surface area (Å²) in [5, 5.41) is 3.38. The Labute approximate surface area is 119 Å². The number of benzene rings is 1. The highest BCUT2D eigenvalue weighted by molar-refractivity contribution is 7.84. The smallest absolute Gasteiger partial charge is 0.0486 e. The van der Waals surface area contributed by atoms with Crippen molar-refractivity contribution in [2.75, 3.05) is 12.8 Å². The van der Waals surface area contributed by atoms with Gasteiger partial charge in [-0.25, -0.2) is 0 Å². The van der Waals surface area contributed by atoms with E-state index in [-0.39, 0.29) is 0 Å². The summed E-state index contributed by atoms with van der Waals surface area (Å²) in [5.74, 6) is 2.20. The maximum absolute atomic E-state index is 12.3. The van der Waals surface area contributed by atoms with Gasteiger partial charge in [0.2, 0.25) is 0 Å². The number of rotatable bonds is 6. The fraction of sp³-hybridized carbons (Fsp3) is 0.625. The zero-order chi connectivity index (χ0) is 13.7. The normalized spacial score (nSPS) is 19.5. The summed E-state index contributed by atoms with van der Waals surface area (Å²) in [6.07, 6.45) is 5.28. The summed E-state index contributed by atoms with van der Waals surface area (Å²) in [6, 6.07) is 8.78. The lowest BCUT2D eigenvalue weighted by molar-refractivity contribution is 0.408. The molecule has 0 radical (unpaired) electrons. The summed E-state index contributed by atoms with van der Waals surface area (Å²) in [7, 11) is 1.24. The molecule has 0 saturated heterocycles. The molecule has 106 valence electrons. The van der Waals surface area contributed by atoms with E-state index in [0.717, 1.165) is 11.7 Å². The van der Waals surface area contributed by atoms with E-state index in [2.05, 4.69) is 30.4 Å². The lowest BCUT2D eigenvalue weighted by Gasteiger charge is -2.22. The highest BCUT2D eigenvalue weighted by Gasteiger charge is 2.25. The second-order valence-corrected chi connectivity index (χ2v) is 7.18. The van der Waals surface area contributed by atoms with Crippen molar-refractivity contribution in [1.82, 2.24) is 5.32 Å². The van der Waals surface area contributed by atoms with Crippen LogP contribution in [0.1, 0.15) is 36.8 Å². The summed E-state index contributed by atoms with van der Waals surface area (Å²) in [6.45, 7) is 2.08. The Morgan fingerprint density at radius 1 is 1.37 bits per heavy atom. The zero-order valence-electron chi connectivity index (χ0n) is 12.0. The first-order valence-electron chi connectivity index (χ1n) is 7.27. The second kappa shape index (κ2) is 7.20. The highest BCUT2D eigenvalue weighted by Crippen LogP contribution is 2.28. The van der Waals surface area contributed by atoms with Crippen LogP contribution in [0.3, 0.4) is 0 Å². The first kappa shape index (κ1) is 14.7. The Morgan fingerprint density at radius 2 is 2.11 bits per heavy atom. The van der Waals surface area contributed by atoms with Gasteiger partial charge in [-0.3, -0.25) is 4.21 Å². The topological polar surface area (TPSA) is 29.1 Å². The average molecular weight is 279 g/mol. The van der Waals surface area contributed by atoms with Gasteiger partial charge >= 0.3 is 0 Å². The zero-order valence-corrected chi connectivity index (χ0v) is 12.8. The fourth-order valence-corrected chi connectivity index (χ4v) is 4.57. The van der Waals surface area contributed by atoms with E-state index in [9.17, 15) is 4.21 Å². The van der Waals surface area contributed by atoms with E-state index in [0.29, 0.717) is 11.8 Å². The van der Waals surface area contributed by atoms with Gasteiger partial charge in [0.15, 0.2) is 0 Å². The summed E-state index contributed by atoms with van der Waals surface area (Å²) in [4.78, 5) is 0. The van der Waals surface area contributed by atoms with Gasteiger partial charge in [0.1, 0.15) is 0 Å². The minimum absolute atomic E-state index is 0.424. The largest absolute Gasteiger partial charge is 0.316 e. The molecule has 0 aromatic heterocycles. The maximum atomic E-state index is 12.3. The maximum Gasteiger partial charge on any atom is 0.0486 e. The molecule has 2 nitrogen and oxygen atoms in total. The minimum Gasteiger partial charge on any atom is -0.316 e. The van der Waals surface area contributed by atoms with Crippen LogP contribution >= 0.6 is 0 Å². The third kappa shape index (κ3) is 4.43. The first-order chi connectivity index (χ1) is 9.19. The third-order valence-electron chi connectivity index (χ3n) is 4.12. The van der Waals surface area contributed by atoms with Gasteiger partial charge in [0.25, 0.3) is 0 Å². The van der Waals surface area contributed by atoms with Crippen molar-refractivity contribution in [3.63, 3.8) is 0 Å². The van der Waals surface area contributed by atoms with Crippen molar-refractivity contribution >= 4 is 10.8 Å². The number of hydrogen-bond acceptors (Lipinski definition) is 2. The van der Waals surface area contributed by atoms with Crippen molar-refractivity contribution in [3.05, 3.63) is 35.4 Å². The lowest BCUT2D eigenvalue weighted by atomic mass is 10.0. The Kier molecular flexibility index (Phi) is 5.59. The molecule has 1 aromatic carbocycles. The quantitative estimate of drug-likeness (QED) is 0.867. The lowest BCUT2D eigenvalue weighted by Crippen LogP contribution is -2.37. The monoisotopic (exact) mass is 279 g/mol. The SMILES string of the molecule is CNC(CS(=O)Cc1cccc(C)c1)C1CCCC1. The Bertz CT molecular complexity index is 427. The molecule has 19 heavy (non-hydrogen) atoms. The molecule has 0 bridgehead atoms. The van der Waals surface area contributed by atoms with Crippen LogP contribution in [0.25, 0.3) is 0 Å². The molecule has 2 unspecified atom stereocenters. The van der Waals surface area contributed by atoms with Crippen LogP contribution in [-0.4, -0.2) is 23.1 Å². The van der Waals surface area contributed by atoms with Gasteiger partial charge < -0.3 is 5.32 Å². The van der Waals surface area contributed by atoms with Crippen LogP contribution in [0.4, 0.5) is 0 Å². The van der Waals surface area contributed by atoms with Crippen LogP contribution < -0.4 is 5.32 Å². The number of hydrogen-bond donors (Lipinski definition) is 1. The molecular weight excluding hydrogens is 254 g/mol. The van der Waals surface area contributed by atoms with Crippen LogP contribution in [0.5, 0.6) is 0 Å². The molecule has 1 fully saturated rings. The van der Waals surface area contributed by atoms with E-state index in [1.54, 1.807) is 0 Å². The second-order valence-electron chi connectivity index (χ2n) is 5.68. The molecule has 0 spiro atoms. The molecule has 1 saturated carbocycles. The van der Waals surface area contributed by atoms with E-state index < -0.39 is 10.8 Å². The van der Waals surface area contributed by atoms with Gasteiger partial charge in [-0.15, -0.1) is 0 Å². The van der Waals surface area contributed by atoms with Gasteiger partial charge in [0, 0.05) is 28.3 Å². The van der Waals surface area contributed by atoms with Gasteiger partial charge in [0.05, 0.1) is 0 Å². The molecule has 0 aliphatic heterocycles. The van der Waals surface area contributed by atoms with E-state index in [1.165, 1.54) is 36.8 Å². The molecule has 2 rings (SSSR count). The molecule has 1 aliphatic carbocycles. The molecule has 2 atom stereocenters. The number of aryl methyl sites for hydroxylation is 1. The first-order valence-corrected chi connectivity index (χ1v) is 8.75. The van der Waals surface area contributed by atoms with Gasteiger partial charge in [-0.2, -0.15) is 0 Å². The van der Waals surface area contributed by atoms with Crippen LogP contribution in [-0.2, 0) is 16.6 Å². The minimum atomic E-state index is -0.768. The molecule has 1 N–H and O–H groups in total. The fourth-order valence-electron chi connectivity index (χ4n) is 3.06. The summed E-state index contributed by atoms with van der Waals surface area (Å²) >= 11 is 0. The van der Waals surface area contributed by atoms with Crippen LogP contribution in [0.2, 0.25) is 0 Å². The summed E-state index contributed by atoms with van der Waals surface area (Å²) < 4.78 is 12.3. The standard InChI is InChI=1S/C16H25NOS/c1-13-6-5-7-14(10-13)11-19(18)12-16(17-2)15-8-3-4-9-15/h5-7,10,15-17H,3-4,8-9,11-12H2,1-2H3. The predicted octanol–water partition coefficient (Wildman–Crippen LogP) is 3.02. The van der Waals surface area contributed by atoms with E-state index in [1.807, 2.05) is 13.1 Å². The number of nitrogens with one attached hydrogen (secondary N) is 1. The van der Waals surface area contributed by atoms with Gasteiger partial charge in [-0.05, 0) is 38.3 Å². The Balaban J connectivity index is 1.89. The highest BCUT2D eigenvalue weighted by atomic mass is 32.2. The molecule has 3 heteroatoms. The van der Waals surface area contributed by atoms with Crippen LogP contribution in [0, 0.1) is 12.8 Å². The molecule has 1 aromatic rings. The Morgan fingerprint density at radius 3 is 2.74 bits per heavy atom. The third-order valence-corrected chi connectivity index (χ3v) is 5.50. The molecule has 1 aliphatic rings. The predicted molar refractivity (Wildman–Crippen MR) is 82.7 cm³/mol. The van der Waals surface area contributed by atoms with Crippen molar-refractivity contribution in [2.24, 2.45) is 5.92 Å².